The topological polar surface area (TPSA) is 94.9 Å². The number of allylic oxidation sites excluding steroid dienone is 1. The normalized spacial score (nSPS) is 17.3. The van der Waals surface area contributed by atoms with Crippen LogP contribution in [0.15, 0.2) is 39.7 Å². The largest absolute Gasteiger partial charge is 0.320 e. The van der Waals surface area contributed by atoms with Crippen LogP contribution in [0.4, 0.5) is 5.13 Å². The van der Waals surface area contributed by atoms with Crippen LogP contribution in [0.25, 0.3) is 0 Å². The van der Waals surface area contributed by atoms with Crippen LogP contribution in [0.5, 0.6) is 0 Å². The van der Waals surface area contributed by atoms with E-state index in [4.69, 9.17) is 0 Å². The third-order valence-corrected chi connectivity index (χ3v) is 5.96. The van der Waals surface area contributed by atoms with Crippen LogP contribution in [-0.4, -0.2) is 22.6 Å². The SMILES string of the molecule is N#CC1=C(SCC(=O)Nc2nccs2)NC(=O)C[C@H]1c1cccs1. The van der Waals surface area contributed by atoms with E-state index in [0.717, 1.165) is 16.6 Å². The molecule has 1 aliphatic heterocycles. The van der Waals surface area contributed by atoms with Gasteiger partial charge in [0.2, 0.25) is 11.8 Å². The van der Waals surface area contributed by atoms with Crippen LogP contribution in [0.2, 0.25) is 0 Å². The van der Waals surface area contributed by atoms with E-state index in [2.05, 4.69) is 21.7 Å². The molecular weight excluding hydrogens is 364 g/mol. The minimum atomic E-state index is -0.242. The maximum absolute atomic E-state index is 12.0. The lowest BCUT2D eigenvalue weighted by Gasteiger charge is -2.23. The molecule has 2 amide bonds. The molecule has 0 aromatic carbocycles. The summed E-state index contributed by atoms with van der Waals surface area (Å²) in [4.78, 5) is 28.9. The maximum atomic E-state index is 12.0. The lowest BCUT2D eigenvalue weighted by molar-refractivity contribution is -0.121. The number of amides is 2. The summed E-state index contributed by atoms with van der Waals surface area (Å²) in [7, 11) is 0. The average molecular weight is 376 g/mol. The quantitative estimate of drug-likeness (QED) is 0.837. The van der Waals surface area contributed by atoms with E-state index in [0.29, 0.717) is 15.7 Å². The molecule has 0 radical (unpaired) electrons. The second-order valence-corrected chi connectivity index (χ2v) is 7.71. The van der Waals surface area contributed by atoms with Gasteiger partial charge in [-0.2, -0.15) is 5.26 Å². The van der Waals surface area contributed by atoms with Crippen molar-refractivity contribution in [1.29, 1.82) is 5.26 Å². The smallest absolute Gasteiger partial charge is 0.236 e. The van der Waals surface area contributed by atoms with Crippen molar-refractivity contribution in [3.8, 4) is 6.07 Å². The first-order valence-corrected chi connectivity index (χ1v) is 9.71. The van der Waals surface area contributed by atoms with Crippen molar-refractivity contribution in [2.24, 2.45) is 0 Å². The summed E-state index contributed by atoms with van der Waals surface area (Å²) in [5, 5.41) is 19.6. The molecule has 0 spiro atoms. The molecule has 0 unspecified atom stereocenters. The van der Waals surface area contributed by atoms with Crippen molar-refractivity contribution in [3.63, 3.8) is 0 Å². The van der Waals surface area contributed by atoms with E-state index < -0.39 is 0 Å². The summed E-state index contributed by atoms with van der Waals surface area (Å²) in [6, 6.07) is 6.01. The summed E-state index contributed by atoms with van der Waals surface area (Å²) in [6.45, 7) is 0. The first-order chi connectivity index (χ1) is 11.7. The number of carbonyl (C=O) groups excluding carboxylic acids is 2. The van der Waals surface area contributed by atoms with Gasteiger partial charge in [0.25, 0.3) is 0 Å². The Morgan fingerprint density at radius 2 is 2.38 bits per heavy atom. The molecule has 3 rings (SSSR count). The zero-order chi connectivity index (χ0) is 16.9. The lowest BCUT2D eigenvalue weighted by Crippen LogP contribution is -2.31. The minimum absolute atomic E-state index is 0.0948. The van der Waals surface area contributed by atoms with Gasteiger partial charge in [-0.1, -0.05) is 17.8 Å². The number of nitriles is 1. The second-order valence-electron chi connectivity index (χ2n) is 4.85. The van der Waals surface area contributed by atoms with Crippen LogP contribution < -0.4 is 10.6 Å². The van der Waals surface area contributed by atoms with Crippen molar-refractivity contribution in [2.45, 2.75) is 12.3 Å². The molecule has 0 saturated heterocycles. The lowest BCUT2D eigenvalue weighted by atomic mass is 9.93. The van der Waals surface area contributed by atoms with Gasteiger partial charge in [0.05, 0.1) is 22.4 Å². The van der Waals surface area contributed by atoms with Gasteiger partial charge in [-0.25, -0.2) is 4.98 Å². The van der Waals surface area contributed by atoms with Gasteiger partial charge in [-0.05, 0) is 11.4 Å². The van der Waals surface area contributed by atoms with Crippen molar-refractivity contribution in [2.75, 3.05) is 11.1 Å². The molecule has 2 aromatic rings. The predicted molar refractivity (Wildman–Crippen MR) is 95.7 cm³/mol. The zero-order valence-corrected chi connectivity index (χ0v) is 14.8. The van der Waals surface area contributed by atoms with Gasteiger partial charge in [0, 0.05) is 28.8 Å². The van der Waals surface area contributed by atoms with E-state index in [1.54, 1.807) is 11.6 Å². The molecule has 0 fully saturated rings. The molecule has 1 atom stereocenters. The van der Waals surface area contributed by atoms with Gasteiger partial charge in [0.1, 0.15) is 0 Å². The fraction of sp³-hybridized carbons (Fsp3) is 0.200. The number of carbonyl (C=O) groups is 2. The Kier molecular flexibility index (Phi) is 5.30. The Morgan fingerprint density at radius 1 is 1.50 bits per heavy atom. The predicted octanol–water partition coefficient (Wildman–Crippen LogP) is 2.92. The zero-order valence-electron chi connectivity index (χ0n) is 12.3. The number of rotatable bonds is 5. The standard InChI is InChI=1S/C15H12N4O2S3/c16-7-10-9(11-2-1-4-22-11)6-12(20)18-14(10)24-8-13(21)19-15-17-3-5-23-15/h1-5,9H,6,8H2,(H,18,20)(H,17,19,21)/t9-/m1/s1. The highest BCUT2D eigenvalue weighted by Crippen LogP contribution is 2.37. The molecule has 1 aliphatic rings. The Labute approximate surface area is 150 Å². The molecule has 0 bridgehead atoms. The van der Waals surface area contributed by atoms with E-state index in [9.17, 15) is 14.9 Å². The average Bonchev–Trinajstić information content (AvgIpc) is 3.25. The van der Waals surface area contributed by atoms with Crippen molar-refractivity contribution >= 4 is 51.4 Å². The number of thiazole rings is 1. The van der Waals surface area contributed by atoms with E-state index in [1.165, 1.54) is 22.7 Å². The van der Waals surface area contributed by atoms with Crippen molar-refractivity contribution < 1.29 is 9.59 Å². The summed E-state index contributed by atoms with van der Waals surface area (Å²) in [5.41, 5.74) is 0.504. The fourth-order valence-corrected chi connectivity index (χ4v) is 4.50. The number of nitrogens with one attached hydrogen (secondary N) is 2. The highest BCUT2D eigenvalue weighted by atomic mass is 32.2. The Hall–Kier alpha value is -2.15. The van der Waals surface area contributed by atoms with Crippen molar-refractivity contribution in [3.05, 3.63) is 44.6 Å². The van der Waals surface area contributed by atoms with Gasteiger partial charge in [-0.15, -0.1) is 22.7 Å². The molecule has 6 nitrogen and oxygen atoms in total. The summed E-state index contributed by atoms with van der Waals surface area (Å²) >= 11 is 4.01. The highest BCUT2D eigenvalue weighted by molar-refractivity contribution is 8.03. The number of nitrogens with zero attached hydrogens (tertiary/aromatic N) is 2. The van der Waals surface area contributed by atoms with Gasteiger partial charge < -0.3 is 10.6 Å². The number of anilines is 1. The number of thiophene rings is 1. The Bertz CT molecular complexity index is 806. The third kappa shape index (κ3) is 3.84. The molecule has 24 heavy (non-hydrogen) atoms. The van der Waals surface area contributed by atoms with Crippen LogP contribution in [0.1, 0.15) is 17.2 Å². The Balaban J connectivity index is 1.73. The number of aromatic nitrogens is 1. The second kappa shape index (κ2) is 7.61. The van der Waals surface area contributed by atoms with E-state index in [-0.39, 0.29) is 29.9 Å². The van der Waals surface area contributed by atoms with Crippen molar-refractivity contribution in [1.82, 2.24) is 10.3 Å². The number of thioether (sulfide) groups is 1. The highest BCUT2D eigenvalue weighted by Gasteiger charge is 2.30. The van der Waals surface area contributed by atoms with Gasteiger partial charge in [-0.3, -0.25) is 9.59 Å². The van der Waals surface area contributed by atoms with Crippen LogP contribution in [0, 0.1) is 11.3 Å². The molecular formula is C15H12N4O2S3. The molecule has 122 valence electrons. The summed E-state index contributed by atoms with van der Waals surface area (Å²) in [5.74, 6) is -0.520. The molecule has 2 aromatic heterocycles. The first kappa shape index (κ1) is 16.7. The molecule has 9 heteroatoms. The summed E-state index contributed by atoms with van der Waals surface area (Å²) in [6.07, 6.45) is 1.86. The molecule has 3 heterocycles. The number of hydrogen-bond donors (Lipinski definition) is 2. The first-order valence-electron chi connectivity index (χ1n) is 6.97. The molecule has 0 saturated carbocycles. The summed E-state index contributed by atoms with van der Waals surface area (Å²) < 4.78 is 0. The van der Waals surface area contributed by atoms with Crippen LogP contribution in [-0.2, 0) is 9.59 Å². The van der Waals surface area contributed by atoms with Crippen LogP contribution >= 0.6 is 34.4 Å². The fourth-order valence-electron chi connectivity index (χ4n) is 2.24. The maximum Gasteiger partial charge on any atom is 0.236 e. The third-order valence-electron chi connectivity index (χ3n) is 3.27. The van der Waals surface area contributed by atoms with Gasteiger partial charge in [0.15, 0.2) is 5.13 Å². The van der Waals surface area contributed by atoms with E-state index >= 15 is 0 Å². The van der Waals surface area contributed by atoms with Crippen LogP contribution in [0.3, 0.4) is 0 Å². The molecule has 2 N–H and O–H groups in total. The monoisotopic (exact) mass is 376 g/mol. The molecule has 0 aliphatic carbocycles. The van der Waals surface area contributed by atoms with E-state index in [1.807, 2.05) is 17.5 Å². The Morgan fingerprint density at radius 3 is 3.04 bits per heavy atom. The van der Waals surface area contributed by atoms with Gasteiger partial charge >= 0.3 is 0 Å². The number of hydrogen-bond acceptors (Lipinski definition) is 7. The minimum Gasteiger partial charge on any atom is -0.320 e.